The van der Waals surface area contributed by atoms with Gasteiger partial charge in [-0.2, -0.15) is 0 Å². The van der Waals surface area contributed by atoms with Crippen LogP contribution in [0.1, 0.15) is 73.9 Å². The molecule has 0 aliphatic heterocycles. The first kappa shape index (κ1) is 30.4. The van der Waals surface area contributed by atoms with Gasteiger partial charge < -0.3 is 4.90 Å². The molecule has 0 radical (unpaired) electrons. The molecule has 10 rings (SSSR count). The topological polar surface area (TPSA) is 3.24 Å². The van der Waals surface area contributed by atoms with E-state index in [9.17, 15) is 0 Å². The lowest BCUT2D eigenvalue weighted by atomic mass is 9.77. The fourth-order valence-corrected chi connectivity index (χ4v) is 9.65. The van der Waals surface area contributed by atoms with Crippen molar-refractivity contribution in [2.75, 3.05) is 4.90 Å². The van der Waals surface area contributed by atoms with Crippen LogP contribution < -0.4 is 4.90 Å². The van der Waals surface area contributed by atoms with Gasteiger partial charge in [-0.15, -0.1) is 0 Å². The monoisotopic (exact) mass is 657 g/mol. The van der Waals surface area contributed by atoms with Crippen molar-refractivity contribution in [3.63, 3.8) is 0 Å². The zero-order valence-electron chi connectivity index (χ0n) is 30.0. The van der Waals surface area contributed by atoms with Crippen LogP contribution in [0.15, 0.2) is 145 Å². The van der Waals surface area contributed by atoms with Gasteiger partial charge in [-0.3, -0.25) is 0 Å². The lowest BCUT2D eigenvalue weighted by Crippen LogP contribution is -2.33. The summed E-state index contributed by atoms with van der Waals surface area (Å²) in [7, 11) is 0. The molecule has 0 spiro atoms. The maximum Gasteiger partial charge on any atom is 0.0563 e. The Labute approximate surface area is 302 Å². The lowest BCUT2D eigenvalue weighted by molar-refractivity contribution is 0.585. The van der Waals surface area contributed by atoms with E-state index in [-0.39, 0.29) is 16.9 Å². The normalized spacial score (nSPS) is 18.6. The molecule has 0 saturated heterocycles. The molecule has 1 nitrogen and oxygen atoms in total. The molecule has 0 saturated carbocycles. The van der Waals surface area contributed by atoms with Gasteiger partial charge >= 0.3 is 0 Å². The maximum atomic E-state index is 2.61. The van der Waals surface area contributed by atoms with Gasteiger partial charge in [-0.25, -0.2) is 0 Å². The van der Waals surface area contributed by atoms with Gasteiger partial charge in [0.15, 0.2) is 0 Å². The molecule has 248 valence electrons. The third-order valence-electron chi connectivity index (χ3n) is 12.5. The van der Waals surface area contributed by atoms with Crippen LogP contribution in [0.25, 0.3) is 44.7 Å². The van der Waals surface area contributed by atoms with Crippen LogP contribution in [0.3, 0.4) is 0 Å². The van der Waals surface area contributed by atoms with Gasteiger partial charge in [0.25, 0.3) is 0 Å². The molecule has 1 heteroatoms. The minimum atomic E-state index is -0.103. The van der Waals surface area contributed by atoms with Crippen molar-refractivity contribution in [2.45, 2.75) is 63.8 Å². The third kappa shape index (κ3) is 4.60. The summed E-state index contributed by atoms with van der Waals surface area (Å²) in [6, 6.07) is 46.4. The Morgan fingerprint density at radius 1 is 0.569 bits per heavy atom. The molecule has 0 heterocycles. The maximum absolute atomic E-state index is 2.61. The molecule has 0 N–H and O–H groups in total. The SMILES string of the molecule is CC1(C)C2=C(C=CC(N(c3ccc(-c4ccc5c(c4)C=CCC5)cc3)c3ccc4c(c3)C(C)(C)c3cc5ccccc5cc3-4)C2)c2ccccc21. The van der Waals surface area contributed by atoms with Crippen molar-refractivity contribution in [2.24, 2.45) is 0 Å². The fourth-order valence-electron chi connectivity index (χ4n) is 9.65. The number of anilines is 2. The van der Waals surface area contributed by atoms with E-state index in [4.69, 9.17) is 0 Å². The van der Waals surface area contributed by atoms with E-state index in [1.54, 1.807) is 5.57 Å². The number of hydrogen-bond donors (Lipinski definition) is 0. The molecule has 0 bridgehead atoms. The molecule has 4 aliphatic carbocycles. The number of benzene rings is 6. The number of allylic oxidation sites excluding steroid dienone is 3. The second-order valence-electron chi connectivity index (χ2n) is 16.1. The van der Waals surface area contributed by atoms with Crippen LogP contribution >= 0.6 is 0 Å². The quantitative estimate of drug-likeness (QED) is 0.182. The Hall–Kier alpha value is -5.40. The molecule has 51 heavy (non-hydrogen) atoms. The van der Waals surface area contributed by atoms with Crippen LogP contribution in [0.2, 0.25) is 0 Å². The smallest absolute Gasteiger partial charge is 0.0563 e. The van der Waals surface area contributed by atoms with E-state index in [0.717, 1.165) is 19.3 Å². The number of fused-ring (bicyclic) bond motifs is 7. The first-order valence-electron chi connectivity index (χ1n) is 18.7. The number of aryl methyl sites for hydroxylation is 1. The number of nitrogens with zero attached hydrogens (tertiary/aromatic N) is 1. The molecule has 1 unspecified atom stereocenters. The first-order valence-corrected chi connectivity index (χ1v) is 18.7. The summed E-state index contributed by atoms with van der Waals surface area (Å²) in [5.41, 5.74) is 19.1. The van der Waals surface area contributed by atoms with E-state index < -0.39 is 0 Å². The Balaban J connectivity index is 1.08. The van der Waals surface area contributed by atoms with Crippen molar-refractivity contribution >= 4 is 33.8 Å². The highest BCUT2D eigenvalue weighted by atomic mass is 15.2. The van der Waals surface area contributed by atoms with Gasteiger partial charge in [0.1, 0.15) is 0 Å². The van der Waals surface area contributed by atoms with E-state index in [1.807, 2.05) is 0 Å². The van der Waals surface area contributed by atoms with Crippen molar-refractivity contribution in [1.82, 2.24) is 0 Å². The van der Waals surface area contributed by atoms with Gasteiger partial charge in [-0.05, 0) is 139 Å². The van der Waals surface area contributed by atoms with Gasteiger partial charge in [0.05, 0.1) is 6.04 Å². The molecule has 6 aromatic rings. The largest absolute Gasteiger partial charge is 0.334 e. The van der Waals surface area contributed by atoms with Crippen molar-refractivity contribution in [1.29, 1.82) is 0 Å². The molecule has 1 atom stereocenters. The van der Waals surface area contributed by atoms with E-state index in [1.165, 1.54) is 83.4 Å². The van der Waals surface area contributed by atoms with Gasteiger partial charge in [0, 0.05) is 22.2 Å². The van der Waals surface area contributed by atoms with E-state index in [0.29, 0.717) is 0 Å². The summed E-state index contributed by atoms with van der Waals surface area (Å²) in [6.45, 7) is 9.63. The Morgan fingerprint density at radius 2 is 1.29 bits per heavy atom. The molecule has 0 aromatic heterocycles. The summed E-state index contributed by atoms with van der Waals surface area (Å²) < 4.78 is 0. The lowest BCUT2D eigenvalue weighted by Gasteiger charge is -2.37. The molecule has 4 aliphatic rings. The predicted molar refractivity (Wildman–Crippen MR) is 217 cm³/mol. The molecule has 0 fully saturated rings. The van der Waals surface area contributed by atoms with Gasteiger partial charge in [-0.1, -0.05) is 131 Å². The molecular weight excluding hydrogens is 615 g/mol. The molecule has 6 aromatic carbocycles. The summed E-state index contributed by atoms with van der Waals surface area (Å²) in [5.74, 6) is 0. The number of rotatable bonds is 4. The zero-order chi connectivity index (χ0) is 34.5. The van der Waals surface area contributed by atoms with E-state index in [2.05, 4.69) is 178 Å². The molecular formula is C50H43N. The summed E-state index contributed by atoms with van der Waals surface area (Å²) in [4.78, 5) is 2.61. The standard InChI is InChI=1S/C50H43N/c1-49(2)45-16-10-9-15-41(45)42-25-23-39(30-47(42)49)51(38-21-19-33(20-22-38)37-18-17-32-11-5-6-12-34(32)27-37)40-24-26-43-44-28-35-13-7-8-14-36(35)29-46(44)50(3,4)48(43)31-40/h6-10,12-29,31,39H,5,11,30H2,1-4H3. The van der Waals surface area contributed by atoms with Crippen molar-refractivity contribution in [3.8, 4) is 22.3 Å². The summed E-state index contributed by atoms with van der Waals surface area (Å²) in [6.07, 6.45) is 12.7. The van der Waals surface area contributed by atoms with Crippen LogP contribution in [0.4, 0.5) is 11.4 Å². The Bertz CT molecular complexity index is 2500. The van der Waals surface area contributed by atoms with Crippen LogP contribution in [-0.2, 0) is 17.3 Å². The summed E-state index contributed by atoms with van der Waals surface area (Å²) >= 11 is 0. The average molecular weight is 658 g/mol. The highest BCUT2D eigenvalue weighted by molar-refractivity contribution is 5.94. The molecule has 0 amide bonds. The third-order valence-corrected chi connectivity index (χ3v) is 12.5. The average Bonchev–Trinajstić information content (AvgIpc) is 3.52. The van der Waals surface area contributed by atoms with Gasteiger partial charge in [0.2, 0.25) is 0 Å². The van der Waals surface area contributed by atoms with Crippen LogP contribution in [0.5, 0.6) is 0 Å². The zero-order valence-corrected chi connectivity index (χ0v) is 30.0. The minimum absolute atomic E-state index is 0.00503. The van der Waals surface area contributed by atoms with Crippen LogP contribution in [-0.4, -0.2) is 6.04 Å². The highest BCUT2D eigenvalue weighted by Crippen LogP contribution is 2.53. The minimum Gasteiger partial charge on any atom is -0.334 e. The highest BCUT2D eigenvalue weighted by Gasteiger charge is 2.41. The number of hydrogen-bond acceptors (Lipinski definition) is 1. The van der Waals surface area contributed by atoms with E-state index >= 15 is 0 Å². The Kier molecular flexibility index (Phi) is 6.59. The van der Waals surface area contributed by atoms with Crippen LogP contribution in [0, 0.1) is 0 Å². The first-order chi connectivity index (χ1) is 24.8. The summed E-state index contributed by atoms with van der Waals surface area (Å²) in [5, 5.41) is 2.61. The fraction of sp³-hybridized carbons (Fsp3) is 0.200. The Morgan fingerprint density at radius 3 is 2.14 bits per heavy atom. The second-order valence-corrected chi connectivity index (χ2v) is 16.1. The predicted octanol–water partition coefficient (Wildman–Crippen LogP) is 13.0. The van der Waals surface area contributed by atoms with Crippen molar-refractivity contribution < 1.29 is 0 Å². The second kappa shape index (κ2) is 11.0. The van der Waals surface area contributed by atoms with Crippen molar-refractivity contribution in [3.05, 3.63) is 179 Å².